The highest BCUT2D eigenvalue weighted by molar-refractivity contribution is 5.99. The van der Waals surface area contributed by atoms with E-state index in [2.05, 4.69) is 10.2 Å². The molecule has 2 aliphatic rings. The van der Waals surface area contributed by atoms with Crippen molar-refractivity contribution < 1.29 is 19.1 Å². The van der Waals surface area contributed by atoms with Gasteiger partial charge < -0.3 is 24.8 Å². The lowest BCUT2D eigenvalue weighted by Crippen LogP contribution is -2.57. The zero-order chi connectivity index (χ0) is 27.2. The van der Waals surface area contributed by atoms with Crippen molar-refractivity contribution in [3.63, 3.8) is 0 Å². The minimum absolute atomic E-state index is 0.0659. The number of methoxy groups -OCH3 is 1. The van der Waals surface area contributed by atoms with Crippen LogP contribution in [-0.2, 0) is 14.4 Å². The number of rotatable bonds is 7. The standard InChI is InChI=1S/C31H32N4O4/c1-39-27-14-8-11-25(21-27)32-28(36)22-34-23-35(26-12-6-3-7-13-26)31(30(34)38)17-19-33(20-18-31)29(37)16-15-24-9-4-2-5-10-24/h2-16,21H,17-20,22-23H2,1H3,(H,32,36)/b16-15+. The molecule has 0 bridgehead atoms. The Morgan fingerprint density at radius 2 is 1.64 bits per heavy atom. The van der Waals surface area contributed by atoms with Gasteiger partial charge in [0.25, 0.3) is 5.91 Å². The molecule has 0 unspecified atom stereocenters. The molecule has 0 aromatic heterocycles. The average molecular weight is 525 g/mol. The van der Waals surface area contributed by atoms with Gasteiger partial charge in [-0.25, -0.2) is 0 Å². The lowest BCUT2D eigenvalue weighted by Gasteiger charge is -2.43. The summed E-state index contributed by atoms with van der Waals surface area (Å²) < 4.78 is 5.23. The number of anilines is 2. The first-order chi connectivity index (χ1) is 19.0. The highest BCUT2D eigenvalue weighted by Gasteiger charge is 2.54. The predicted octanol–water partition coefficient (Wildman–Crippen LogP) is 4.01. The van der Waals surface area contributed by atoms with E-state index < -0.39 is 5.54 Å². The number of likely N-dealkylation sites (tertiary alicyclic amines) is 1. The molecule has 0 aliphatic carbocycles. The van der Waals surface area contributed by atoms with Gasteiger partial charge in [0, 0.05) is 36.6 Å². The van der Waals surface area contributed by atoms with Crippen LogP contribution in [-0.4, -0.2) is 66.5 Å². The second-order valence-electron chi connectivity index (χ2n) is 9.79. The largest absolute Gasteiger partial charge is 0.497 e. The highest BCUT2D eigenvalue weighted by Crippen LogP contribution is 2.39. The van der Waals surface area contributed by atoms with Crippen LogP contribution in [0, 0.1) is 0 Å². The molecule has 2 fully saturated rings. The second-order valence-corrected chi connectivity index (χ2v) is 9.79. The molecule has 2 aliphatic heterocycles. The minimum Gasteiger partial charge on any atom is -0.497 e. The van der Waals surface area contributed by atoms with E-state index in [9.17, 15) is 14.4 Å². The fourth-order valence-electron chi connectivity index (χ4n) is 5.33. The van der Waals surface area contributed by atoms with E-state index in [1.807, 2.05) is 66.7 Å². The van der Waals surface area contributed by atoms with Crippen molar-refractivity contribution in [1.82, 2.24) is 9.80 Å². The summed E-state index contributed by atoms with van der Waals surface area (Å²) in [6.45, 7) is 1.15. The van der Waals surface area contributed by atoms with Gasteiger partial charge in [-0.05, 0) is 48.7 Å². The van der Waals surface area contributed by atoms with Crippen LogP contribution in [0.5, 0.6) is 5.75 Å². The normalized spacial score (nSPS) is 16.6. The van der Waals surface area contributed by atoms with E-state index in [0.29, 0.717) is 44.0 Å². The zero-order valence-corrected chi connectivity index (χ0v) is 22.0. The third-order valence-electron chi connectivity index (χ3n) is 7.39. The highest BCUT2D eigenvalue weighted by atomic mass is 16.5. The lowest BCUT2D eigenvalue weighted by atomic mass is 9.85. The fraction of sp³-hybridized carbons (Fsp3) is 0.258. The number of piperidine rings is 1. The van der Waals surface area contributed by atoms with Crippen molar-refractivity contribution in [2.75, 3.05) is 43.6 Å². The molecule has 8 heteroatoms. The van der Waals surface area contributed by atoms with Crippen LogP contribution in [0.25, 0.3) is 6.08 Å². The maximum absolute atomic E-state index is 13.9. The molecule has 0 atom stereocenters. The van der Waals surface area contributed by atoms with Gasteiger partial charge in [-0.3, -0.25) is 14.4 Å². The topological polar surface area (TPSA) is 82.2 Å². The van der Waals surface area contributed by atoms with Crippen molar-refractivity contribution in [2.24, 2.45) is 0 Å². The zero-order valence-electron chi connectivity index (χ0n) is 22.0. The number of nitrogens with one attached hydrogen (secondary N) is 1. The summed E-state index contributed by atoms with van der Waals surface area (Å²) in [6.07, 6.45) is 4.37. The van der Waals surface area contributed by atoms with Gasteiger partial charge >= 0.3 is 0 Å². The Kier molecular flexibility index (Phi) is 7.63. The van der Waals surface area contributed by atoms with Gasteiger partial charge in [-0.15, -0.1) is 0 Å². The van der Waals surface area contributed by atoms with E-state index in [0.717, 1.165) is 11.3 Å². The summed E-state index contributed by atoms with van der Waals surface area (Å²) in [5, 5.41) is 2.87. The summed E-state index contributed by atoms with van der Waals surface area (Å²) in [4.78, 5) is 45.2. The minimum atomic E-state index is -0.808. The Morgan fingerprint density at radius 1 is 0.949 bits per heavy atom. The molecular formula is C31H32N4O4. The Morgan fingerprint density at radius 3 is 2.33 bits per heavy atom. The van der Waals surface area contributed by atoms with Crippen LogP contribution in [0.15, 0.2) is 91.0 Å². The monoisotopic (exact) mass is 524 g/mol. The van der Waals surface area contributed by atoms with Crippen molar-refractivity contribution in [3.05, 3.63) is 96.6 Å². The second kappa shape index (κ2) is 11.4. The van der Waals surface area contributed by atoms with Gasteiger partial charge in [-0.2, -0.15) is 0 Å². The quantitative estimate of drug-likeness (QED) is 0.473. The summed E-state index contributed by atoms with van der Waals surface area (Å²) in [7, 11) is 1.57. The molecule has 39 heavy (non-hydrogen) atoms. The summed E-state index contributed by atoms with van der Waals surface area (Å²) in [5.74, 6) is 0.207. The third kappa shape index (κ3) is 5.65. The van der Waals surface area contributed by atoms with Gasteiger partial charge in [0.2, 0.25) is 11.8 Å². The van der Waals surface area contributed by atoms with Gasteiger partial charge in [0.1, 0.15) is 17.8 Å². The molecule has 3 aromatic carbocycles. The first-order valence-corrected chi connectivity index (χ1v) is 13.1. The Balaban J connectivity index is 1.30. The third-order valence-corrected chi connectivity index (χ3v) is 7.39. The summed E-state index contributed by atoms with van der Waals surface area (Å²) in [6, 6.07) is 26.6. The Labute approximate surface area is 228 Å². The van der Waals surface area contributed by atoms with Gasteiger partial charge in [0.05, 0.1) is 13.8 Å². The number of nitrogens with zero attached hydrogens (tertiary/aromatic N) is 3. The molecule has 5 rings (SSSR count). The number of ether oxygens (including phenoxy) is 1. The molecule has 1 N–H and O–H groups in total. The Hall–Kier alpha value is -4.59. The molecule has 8 nitrogen and oxygen atoms in total. The maximum Gasteiger partial charge on any atom is 0.250 e. The molecule has 2 heterocycles. The van der Waals surface area contributed by atoms with E-state index in [-0.39, 0.29) is 24.3 Å². The van der Waals surface area contributed by atoms with Crippen LogP contribution in [0.4, 0.5) is 11.4 Å². The summed E-state index contributed by atoms with van der Waals surface area (Å²) >= 11 is 0. The van der Waals surface area contributed by atoms with Crippen LogP contribution in [0.2, 0.25) is 0 Å². The number of para-hydroxylation sites is 1. The number of hydrogen-bond donors (Lipinski definition) is 1. The molecule has 0 radical (unpaired) electrons. The van der Waals surface area contributed by atoms with E-state index in [1.54, 1.807) is 47.3 Å². The first-order valence-electron chi connectivity index (χ1n) is 13.1. The molecular weight excluding hydrogens is 492 g/mol. The van der Waals surface area contributed by atoms with Crippen molar-refractivity contribution >= 4 is 35.2 Å². The van der Waals surface area contributed by atoms with E-state index in [4.69, 9.17) is 4.74 Å². The average Bonchev–Trinajstić information content (AvgIpc) is 3.23. The summed E-state index contributed by atoms with van der Waals surface area (Å²) in [5.41, 5.74) is 1.68. The molecule has 1 spiro atoms. The van der Waals surface area contributed by atoms with Crippen LogP contribution >= 0.6 is 0 Å². The van der Waals surface area contributed by atoms with Gasteiger partial charge in [0.15, 0.2) is 0 Å². The van der Waals surface area contributed by atoms with E-state index >= 15 is 0 Å². The van der Waals surface area contributed by atoms with Crippen LogP contribution in [0.3, 0.4) is 0 Å². The van der Waals surface area contributed by atoms with Crippen molar-refractivity contribution in [2.45, 2.75) is 18.4 Å². The molecule has 3 amide bonds. The van der Waals surface area contributed by atoms with Crippen LogP contribution in [0.1, 0.15) is 18.4 Å². The predicted molar refractivity (Wildman–Crippen MR) is 151 cm³/mol. The number of carbonyl (C=O) groups excluding carboxylic acids is 3. The van der Waals surface area contributed by atoms with E-state index in [1.165, 1.54) is 0 Å². The smallest absolute Gasteiger partial charge is 0.250 e. The first kappa shape index (κ1) is 26.0. The number of carbonyl (C=O) groups is 3. The number of benzene rings is 3. The van der Waals surface area contributed by atoms with Gasteiger partial charge in [-0.1, -0.05) is 54.6 Å². The Bertz CT molecular complexity index is 1350. The molecule has 2 saturated heterocycles. The molecule has 0 saturated carbocycles. The maximum atomic E-state index is 13.9. The lowest BCUT2D eigenvalue weighted by molar-refractivity contribution is -0.138. The molecule has 200 valence electrons. The SMILES string of the molecule is COc1cccc(NC(=O)CN2CN(c3ccccc3)C3(CCN(C(=O)/C=C/c4ccccc4)CC3)C2=O)c1. The number of amides is 3. The molecule has 3 aromatic rings. The van der Waals surface area contributed by atoms with Crippen molar-refractivity contribution in [1.29, 1.82) is 0 Å². The van der Waals surface area contributed by atoms with Crippen LogP contribution < -0.4 is 15.0 Å². The van der Waals surface area contributed by atoms with Crippen molar-refractivity contribution in [3.8, 4) is 5.75 Å². The fourth-order valence-corrected chi connectivity index (χ4v) is 5.33. The number of hydrogen-bond acceptors (Lipinski definition) is 5.